The van der Waals surface area contributed by atoms with E-state index in [1.54, 1.807) is 49.5 Å². The lowest BCUT2D eigenvalue weighted by atomic mass is 10.1. The first-order valence-corrected chi connectivity index (χ1v) is 9.63. The summed E-state index contributed by atoms with van der Waals surface area (Å²) in [7, 11) is -1.69. The fourth-order valence-corrected chi connectivity index (χ4v) is 3.42. The van der Waals surface area contributed by atoms with Crippen LogP contribution in [0.5, 0.6) is 0 Å². The summed E-state index contributed by atoms with van der Waals surface area (Å²) in [5, 5.41) is 6.10. The van der Waals surface area contributed by atoms with Crippen molar-refractivity contribution in [3.8, 4) is 0 Å². The number of guanidine groups is 1. The van der Waals surface area contributed by atoms with Crippen LogP contribution in [0.15, 0.2) is 64.5 Å². The van der Waals surface area contributed by atoms with Crippen molar-refractivity contribution < 1.29 is 12.8 Å². The minimum absolute atomic E-state index is 0.0182. The van der Waals surface area contributed by atoms with Crippen LogP contribution in [0.25, 0.3) is 0 Å². The van der Waals surface area contributed by atoms with Gasteiger partial charge in [0.05, 0.1) is 10.6 Å². The highest BCUT2D eigenvalue weighted by atomic mass is 32.2. The molecule has 0 aliphatic heterocycles. The molecule has 134 valence electrons. The van der Waals surface area contributed by atoms with E-state index in [9.17, 15) is 12.8 Å². The maximum Gasteiger partial charge on any atom is 0.191 e. The average molecular weight is 363 g/mol. The van der Waals surface area contributed by atoms with Gasteiger partial charge in [-0.3, -0.25) is 4.99 Å². The van der Waals surface area contributed by atoms with Gasteiger partial charge in [0.1, 0.15) is 5.82 Å². The Balaban J connectivity index is 1.76. The third kappa shape index (κ3) is 6.19. The van der Waals surface area contributed by atoms with Gasteiger partial charge in [0.2, 0.25) is 0 Å². The molecular formula is C18H22FN3O2S. The number of hydrogen-bond acceptors (Lipinski definition) is 3. The first-order chi connectivity index (χ1) is 12.0. The van der Waals surface area contributed by atoms with E-state index in [1.165, 1.54) is 12.1 Å². The predicted octanol–water partition coefficient (Wildman–Crippen LogP) is 2.01. The fourth-order valence-electron chi connectivity index (χ4n) is 2.25. The van der Waals surface area contributed by atoms with Gasteiger partial charge in [-0.1, -0.05) is 30.3 Å². The highest BCUT2D eigenvalue weighted by Gasteiger charge is 2.13. The SMILES string of the molecule is CN=C(NCCc1ccc(F)cc1)NCCS(=O)(=O)c1ccccc1. The summed E-state index contributed by atoms with van der Waals surface area (Å²) in [4.78, 5) is 4.38. The summed E-state index contributed by atoms with van der Waals surface area (Å²) in [6, 6.07) is 14.7. The molecule has 0 radical (unpaired) electrons. The summed E-state index contributed by atoms with van der Waals surface area (Å²) in [5.41, 5.74) is 1.01. The third-order valence-electron chi connectivity index (χ3n) is 3.61. The van der Waals surface area contributed by atoms with Crippen molar-refractivity contribution in [3.05, 3.63) is 66.0 Å². The van der Waals surface area contributed by atoms with Crippen LogP contribution in [0.3, 0.4) is 0 Å². The summed E-state index contributed by atoms with van der Waals surface area (Å²) >= 11 is 0. The van der Waals surface area contributed by atoms with Crippen LogP contribution in [-0.4, -0.2) is 40.3 Å². The van der Waals surface area contributed by atoms with E-state index in [2.05, 4.69) is 15.6 Å². The highest BCUT2D eigenvalue weighted by molar-refractivity contribution is 7.91. The van der Waals surface area contributed by atoms with Crippen molar-refractivity contribution in [2.24, 2.45) is 4.99 Å². The van der Waals surface area contributed by atoms with Gasteiger partial charge in [-0.15, -0.1) is 0 Å². The topological polar surface area (TPSA) is 70.6 Å². The highest BCUT2D eigenvalue weighted by Crippen LogP contribution is 2.09. The fraction of sp³-hybridized carbons (Fsp3) is 0.278. The van der Waals surface area contributed by atoms with Crippen LogP contribution in [0, 0.1) is 5.82 Å². The number of hydrogen-bond donors (Lipinski definition) is 2. The second kappa shape index (κ2) is 9.17. The Morgan fingerprint density at radius 2 is 1.64 bits per heavy atom. The maximum atomic E-state index is 12.9. The van der Waals surface area contributed by atoms with Crippen molar-refractivity contribution in [3.63, 3.8) is 0 Å². The molecule has 0 saturated carbocycles. The van der Waals surface area contributed by atoms with Crippen LogP contribution in [0.4, 0.5) is 4.39 Å². The van der Waals surface area contributed by atoms with Gasteiger partial charge in [0.25, 0.3) is 0 Å². The summed E-state index contributed by atoms with van der Waals surface area (Å²) in [5.74, 6) is 0.259. The molecule has 0 saturated heterocycles. The number of halogens is 1. The average Bonchev–Trinajstić information content (AvgIpc) is 2.62. The van der Waals surface area contributed by atoms with Gasteiger partial charge in [-0.25, -0.2) is 12.8 Å². The normalized spacial score (nSPS) is 12.0. The Morgan fingerprint density at radius 3 is 2.28 bits per heavy atom. The standard InChI is InChI=1S/C18H22FN3O2S/c1-20-18(21-12-11-15-7-9-16(19)10-8-15)22-13-14-25(23,24)17-5-3-2-4-6-17/h2-10H,11-14H2,1H3,(H2,20,21,22). The van der Waals surface area contributed by atoms with Crippen molar-refractivity contribution in [2.75, 3.05) is 25.9 Å². The summed E-state index contributed by atoms with van der Waals surface area (Å²) in [6.07, 6.45) is 0.712. The van der Waals surface area contributed by atoms with E-state index in [0.29, 0.717) is 23.8 Å². The van der Waals surface area contributed by atoms with E-state index < -0.39 is 9.84 Å². The molecule has 2 N–H and O–H groups in total. The van der Waals surface area contributed by atoms with E-state index in [-0.39, 0.29) is 18.1 Å². The Hall–Kier alpha value is -2.41. The smallest absolute Gasteiger partial charge is 0.191 e. The van der Waals surface area contributed by atoms with Gasteiger partial charge in [-0.05, 0) is 36.2 Å². The Kier molecular flexibility index (Phi) is 6.94. The molecule has 0 amide bonds. The summed E-state index contributed by atoms with van der Waals surface area (Å²) < 4.78 is 37.3. The lowest BCUT2D eigenvalue weighted by molar-refractivity contribution is 0.594. The van der Waals surface area contributed by atoms with Crippen LogP contribution >= 0.6 is 0 Å². The Morgan fingerprint density at radius 1 is 1.00 bits per heavy atom. The van der Waals surface area contributed by atoms with Gasteiger partial charge in [-0.2, -0.15) is 0 Å². The molecule has 0 aromatic heterocycles. The van der Waals surface area contributed by atoms with Crippen LogP contribution in [-0.2, 0) is 16.3 Å². The minimum Gasteiger partial charge on any atom is -0.356 e. The molecule has 0 unspecified atom stereocenters. The van der Waals surface area contributed by atoms with E-state index in [1.807, 2.05) is 0 Å². The molecule has 0 atom stereocenters. The van der Waals surface area contributed by atoms with E-state index in [0.717, 1.165) is 5.56 Å². The molecule has 2 aromatic rings. The van der Waals surface area contributed by atoms with Crippen molar-refractivity contribution in [1.29, 1.82) is 0 Å². The quantitative estimate of drug-likeness (QED) is 0.583. The van der Waals surface area contributed by atoms with Gasteiger partial charge >= 0.3 is 0 Å². The number of rotatable bonds is 7. The first-order valence-electron chi connectivity index (χ1n) is 7.98. The second-order valence-corrected chi connectivity index (χ2v) is 7.54. The second-order valence-electron chi connectivity index (χ2n) is 5.43. The van der Waals surface area contributed by atoms with Crippen LogP contribution in [0.2, 0.25) is 0 Å². The minimum atomic E-state index is -3.31. The monoisotopic (exact) mass is 363 g/mol. The number of aliphatic imine (C=N–C) groups is 1. The Bertz CT molecular complexity index is 791. The molecule has 0 spiro atoms. The number of nitrogens with zero attached hydrogens (tertiary/aromatic N) is 1. The largest absolute Gasteiger partial charge is 0.356 e. The van der Waals surface area contributed by atoms with Crippen molar-refractivity contribution in [2.45, 2.75) is 11.3 Å². The van der Waals surface area contributed by atoms with Gasteiger partial charge in [0, 0.05) is 20.1 Å². The third-order valence-corrected chi connectivity index (χ3v) is 5.34. The molecule has 0 aliphatic carbocycles. The van der Waals surface area contributed by atoms with Crippen LogP contribution < -0.4 is 10.6 Å². The molecule has 0 bridgehead atoms. The maximum absolute atomic E-state index is 12.9. The van der Waals surface area contributed by atoms with Crippen LogP contribution in [0.1, 0.15) is 5.56 Å². The Labute approximate surface area is 147 Å². The number of nitrogens with one attached hydrogen (secondary N) is 2. The molecular weight excluding hydrogens is 341 g/mol. The lowest BCUT2D eigenvalue weighted by Crippen LogP contribution is -2.40. The zero-order valence-corrected chi connectivity index (χ0v) is 14.9. The lowest BCUT2D eigenvalue weighted by Gasteiger charge is -2.12. The van der Waals surface area contributed by atoms with Crippen molar-refractivity contribution in [1.82, 2.24) is 10.6 Å². The van der Waals surface area contributed by atoms with E-state index in [4.69, 9.17) is 0 Å². The number of sulfone groups is 1. The molecule has 5 nitrogen and oxygen atoms in total. The van der Waals surface area contributed by atoms with Crippen molar-refractivity contribution >= 4 is 15.8 Å². The molecule has 2 rings (SSSR count). The van der Waals surface area contributed by atoms with Gasteiger partial charge < -0.3 is 10.6 Å². The summed E-state index contributed by atoms with van der Waals surface area (Å²) in [6.45, 7) is 0.865. The molecule has 0 heterocycles. The number of benzene rings is 2. The molecule has 0 fully saturated rings. The van der Waals surface area contributed by atoms with E-state index >= 15 is 0 Å². The predicted molar refractivity (Wildman–Crippen MR) is 98.0 cm³/mol. The molecule has 0 aliphatic rings. The first kappa shape index (κ1) is 18.9. The molecule has 25 heavy (non-hydrogen) atoms. The van der Waals surface area contributed by atoms with Gasteiger partial charge in [0.15, 0.2) is 15.8 Å². The molecule has 7 heteroatoms. The zero-order valence-electron chi connectivity index (χ0n) is 14.1. The zero-order chi connectivity index (χ0) is 18.1. The molecule has 2 aromatic carbocycles.